The fourth-order valence-electron chi connectivity index (χ4n) is 6.34. The number of rotatable bonds is 5. The van der Waals surface area contributed by atoms with Crippen LogP contribution in [0.3, 0.4) is 0 Å². The van der Waals surface area contributed by atoms with E-state index < -0.39 is 7.14 Å². The molecule has 1 N–H and O–H groups in total. The van der Waals surface area contributed by atoms with E-state index in [-0.39, 0.29) is 0 Å². The van der Waals surface area contributed by atoms with Gasteiger partial charge >= 0.3 is 0 Å². The fourth-order valence-corrected chi connectivity index (χ4v) is 9.19. The molecule has 0 saturated heterocycles. The molecule has 226 valence electrons. The maximum atomic E-state index is 15.0. The third-order valence-electron chi connectivity index (χ3n) is 8.53. The molecule has 0 heterocycles. The van der Waals surface area contributed by atoms with Gasteiger partial charge in [-0.25, -0.2) is 0 Å². The Balaban J connectivity index is 0.000000207. The molecule has 0 unspecified atom stereocenters. The molecule has 0 spiro atoms. The molecule has 0 aliphatic carbocycles. The Kier molecular flexibility index (Phi) is 9.41. The molecule has 8 aromatic rings. The van der Waals surface area contributed by atoms with E-state index in [1.165, 1.54) is 43.6 Å². The van der Waals surface area contributed by atoms with Crippen LogP contribution in [0.5, 0.6) is 0 Å². The van der Waals surface area contributed by atoms with Gasteiger partial charge in [0, 0.05) is 23.0 Å². The topological polar surface area (TPSA) is 37.3 Å². The number of hydrogen-bond acceptors (Lipinski definition) is 2. The van der Waals surface area contributed by atoms with Crippen molar-refractivity contribution in [2.24, 2.45) is 0 Å². The molecule has 0 amide bonds. The predicted octanol–water partition coefficient (Wildman–Crippen LogP) is 9.42. The van der Waals surface area contributed by atoms with E-state index in [0.717, 1.165) is 34.8 Å². The van der Waals surface area contributed by atoms with Crippen LogP contribution in [0.15, 0.2) is 170 Å². The van der Waals surface area contributed by atoms with Crippen molar-refractivity contribution in [2.75, 3.05) is 7.11 Å². The van der Waals surface area contributed by atoms with Crippen LogP contribution in [-0.4, -0.2) is 12.2 Å². The lowest BCUT2D eigenvalue weighted by Crippen LogP contribution is -2.25. The zero-order chi connectivity index (χ0) is 31.9. The number of aliphatic hydroxyl groups is 1. The molecule has 3 heteroatoms. The first-order valence-electron chi connectivity index (χ1n) is 15.5. The van der Waals surface area contributed by atoms with Gasteiger partial charge in [0.15, 0.2) is 7.14 Å². The van der Waals surface area contributed by atoms with Crippen molar-refractivity contribution in [2.45, 2.75) is 13.3 Å². The normalized spacial score (nSPS) is 11.1. The average Bonchev–Trinajstić information content (AvgIpc) is 3.14. The summed E-state index contributed by atoms with van der Waals surface area (Å²) in [5.74, 6) is 0. The molecule has 0 bridgehead atoms. The first-order valence-corrected chi connectivity index (χ1v) is 17.2. The molecule has 0 aliphatic heterocycles. The summed E-state index contributed by atoms with van der Waals surface area (Å²) in [6, 6.07) is 58.2. The second kappa shape index (κ2) is 14.0. The van der Waals surface area contributed by atoms with Gasteiger partial charge in [0.1, 0.15) is 0 Å². The lowest BCUT2D eigenvalue weighted by atomic mass is 9.92. The highest BCUT2D eigenvalue weighted by atomic mass is 31.2. The molecular formula is C43H37O2P. The minimum atomic E-state index is -3.05. The molecule has 0 fully saturated rings. The quantitative estimate of drug-likeness (QED) is 0.155. The SMILES string of the molecule is CO.Cc1ccc2ccc3ccc(P(=O)(c4ccccc4)c4ccccc4)c4ccc1c2c34.c1ccc(Cc2ccccc2)cc1. The molecule has 2 nitrogen and oxygen atoms in total. The summed E-state index contributed by atoms with van der Waals surface area (Å²) >= 11 is 0. The van der Waals surface area contributed by atoms with Crippen LogP contribution in [0.1, 0.15) is 16.7 Å². The molecule has 0 saturated carbocycles. The van der Waals surface area contributed by atoms with Crippen LogP contribution in [0.4, 0.5) is 0 Å². The maximum Gasteiger partial charge on any atom is 0.171 e. The Bertz CT molecular complexity index is 2130. The second-order valence-electron chi connectivity index (χ2n) is 11.3. The van der Waals surface area contributed by atoms with Gasteiger partial charge in [-0.2, -0.15) is 0 Å². The third-order valence-corrected chi connectivity index (χ3v) is 11.7. The van der Waals surface area contributed by atoms with Crippen molar-refractivity contribution >= 4 is 55.4 Å². The summed E-state index contributed by atoms with van der Waals surface area (Å²) in [6.45, 7) is 2.16. The van der Waals surface area contributed by atoms with Gasteiger partial charge in [-0.3, -0.25) is 0 Å². The van der Waals surface area contributed by atoms with Gasteiger partial charge in [0.2, 0.25) is 0 Å². The lowest BCUT2D eigenvalue weighted by molar-refractivity contribution is 0.399. The van der Waals surface area contributed by atoms with E-state index in [1.807, 2.05) is 60.7 Å². The minimum absolute atomic E-state index is 0.868. The van der Waals surface area contributed by atoms with Crippen LogP contribution >= 0.6 is 7.14 Å². The van der Waals surface area contributed by atoms with Gasteiger partial charge in [-0.15, -0.1) is 0 Å². The van der Waals surface area contributed by atoms with Crippen LogP contribution < -0.4 is 15.9 Å². The van der Waals surface area contributed by atoms with E-state index in [9.17, 15) is 0 Å². The fraction of sp³-hybridized carbons (Fsp3) is 0.0698. The molecule has 0 aromatic heterocycles. The van der Waals surface area contributed by atoms with E-state index in [4.69, 9.17) is 5.11 Å². The van der Waals surface area contributed by atoms with Gasteiger partial charge in [0.25, 0.3) is 0 Å². The van der Waals surface area contributed by atoms with Crippen molar-refractivity contribution in [1.29, 1.82) is 0 Å². The summed E-state index contributed by atoms with van der Waals surface area (Å²) in [5.41, 5.74) is 4.00. The summed E-state index contributed by atoms with van der Waals surface area (Å²) in [7, 11) is -2.05. The monoisotopic (exact) mass is 616 g/mol. The first-order chi connectivity index (χ1) is 22.6. The highest BCUT2D eigenvalue weighted by Gasteiger charge is 2.31. The highest BCUT2D eigenvalue weighted by Crippen LogP contribution is 2.46. The van der Waals surface area contributed by atoms with Crippen molar-refractivity contribution in [3.63, 3.8) is 0 Å². The molecule has 0 radical (unpaired) electrons. The van der Waals surface area contributed by atoms with Crippen molar-refractivity contribution < 1.29 is 9.67 Å². The standard InChI is InChI=1S/C29H21OP.C13H12.CH4O/c1-20-12-13-21-14-15-22-16-19-27(26-18-17-25(20)28(21)29(22)26)31(30,23-8-4-2-5-9-23)24-10-6-3-7-11-24;1-3-7-12(8-4-1)11-13-9-5-2-6-10-13;1-2/h2-19H,1H3;1-10H,11H2;2H,1H3. The van der Waals surface area contributed by atoms with Gasteiger partial charge in [-0.05, 0) is 68.4 Å². The van der Waals surface area contributed by atoms with E-state index >= 15 is 4.57 Å². The number of benzene rings is 8. The number of aryl methyl sites for hydroxylation is 1. The number of hydrogen-bond donors (Lipinski definition) is 1. The zero-order valence-electron chi connectivity index (χ0n) is 26.2. The summed E-state index contributed by atoms with van der Waals surface area (Å²) in [6.07, 6.45) is 1.03. The Labute approximate surface area is 271 Å². The van der Waals surface area contributed by atoms with E-state index in [2.05, 4.69) is 116 Å². The molecule has 8 aromatic carbocycles. The summed E-state index contributed by atoms with van der Waals surface area (Å²) < 4.78 is 15.0. The molecule has 8 rings (SSSR count). The van der Waals surface area contributed by atoms with Crippen LogP contribution in [0.2, 0.25) is 0 Å². The van der Waals surface area contributed by atoms with Crippen molar-refractivity contribution in [3.05, 3.63) is 187 Å². The van der Waals surface area contributed by atoms with E-state index in [1.54, 1.807) is 0 Å². The molecule has 0 aliphatic rings. The number of aliphatic hydroxyl groups excluding tert-OH is 1. The smallest absolute Gasteiger partial charge is 0.171 e. The van der Waals surface area contributed by atoms with Gasteiger partial charge in [-0.1, -0.05) is 164 Å². The van der Waals surface area contributed by atoms with Crippen LogP contribution in [0, 0.1) is 6.92 Å². The van der Waals surface area contributed by atoms with Gasteiger partial charge in [0.05, 0.1) is 0 Å². The summed E-state index contributed by atoms with van der Waals surface area (Å²) in [4.78, 5) is 0. The Morgan fingerprint density at radius 1 is 0.457 bits per heavy atom. The van der Waals surface area contributed by atoms with Crippen LogP contribution in [-0.2, 0) is 11.0 Å². The highest BCUT2D eigenvalue weighted by molar-refractivity contribution is 7.85. The molecular weight excluding hydrogens is 579 g/mol. The predicted molar refractivity (Wildman–Crippen MR) is 198 cm³/mol. The Morgan fingerprint density at radius 2 is 0.848 bits per heavy atom. The largest absolute Gasteiger partial charge is 0.400 e. The third kappa shape index (κ3) is 5.98. The second-order valence-corrected chi connectivity index (χ2v) is 14.1. The first kappa shape index (κ1) is 31.0. The van der Waals surface area contributed by atoms with Crippen molar-refractivity contribution in [1.82, 2.24) is 0 Å². The molecule has 46 heavy (non-hydrogen) atoms. The zero-order valence-corrected chi connectivity index (χ0v) is 27.1. The minimum Gasteiger partial charge on any atom is -0.400 e. The average molecular weight is 617 g/mol. The van der Waals surface area contributed by atoms with Crippen molar-refractivity contribution in [3.8, 4) is 0 Å². The van der Waals surface area contributed by atoms with Crippen LogP contribution in [0.25, 0.3) is 32.3 Å². The Hall–Kier alpha value is -5.01. The van der Waals surface area contributed by atoms with Gasteiger partial charge < -0.3 is 9.67 Å². The summed E-state index contributed by atoms with van der Waals surface area (Å²) in [5, 5.41) is 16.9. The Morgan fingerprint density at radius 3 is 1.35 bits per heavy atom. The molecule has 0 atom stereocenters. The lowest BCUT2D eigenvalue weighted by Gasteiger charge is -2.23. The maximum absolute atomic E-state index is 15.0. The van der Waals surface area contributed by atoms with E-state index in [0.29, 0.717) is 0 Å².